The van der Waals surface area contributed by atoms with Gasteiger partial charge in [0.05, 0.1) is 0 Å². The van der Waals surface area contributed by atoms with E-state index >= 15 is 0 Å². The Morgan fingerprint density at radius 1 is 1.62 bits per heavy atom. The van der Waals surface area contributed by atoms with Crippen LogP contribution in [0.1, 0.15) is 39.0 Å². The van der Waals surface area contributed by atoms with E-state index in [1.165, 1.54) is 12.8 Å². The molecule has 2 aliphatic rings. The number of hydrogen-bond donors (Lipinski definition) is 0. The predicted octanol–water partition coefficient (Wildman–Crippen LogP) is 2.41. The van der Waals surface area contributed by atoms with Crippen LogP contribution in [0.15, 0.2) is 0 Å². The van der Waals surface area contributed by atoms with Gasteiger partial charge in [0.2, 0.25) is 0 Å². The quantitative estimate of drug-likeness (QED) is 0.561. The Hall–Kier alpha value is -0.770. The number of fused-ring (bicyclic) bond motifs is 1. The van der Waals surface area contributed by atoms with Crippen molar-refractivity contribution in [3.05, 3.63) is 0 Å². The van der Waals surface area contributed by atoms with Gasteiger partial charge in [-0.2, -0.15) is 0 Å². The first kappa shape index (κ1) is 8.81. The smallest absolute Gasteiger partial charge is 0.133 e. The zero-order valence-electron chi connectivity index (χ0n) is 8.18. The lowest BCUT2D eigenvalue weighted by molar-refractivity contribution is -0.118. The van der Waals surface area contributed by atoms with Crippen LogP contribution in [0.4, 0.5) is 0 Å². The van der Waals surface area contributed by atoms with Gasteiger partial charge in [-0.3, -0.25) is 4.79 Å². The molecule has 0 aromatic rings. The van der Waals surface area contributed by atoms with E-state index in [0.717, 1.165) is 19.3 Å². The number of hydrogen-bond acceptors (Lipinski definition) is 1. The molecular weight excluding hydrogens is 160 g/mol. The van der Waals surface area contributed by atoms with Gasteiger partial charge in [0.25, 0.3) is 0 Å². The zero-order valence-corrected chi connectivity index (χ0v) is 8.18. The monoisotopic (exact) mass is 176 g/mol. The van der Waals surface area contributed by atoms with Crippen LogP contribution in [0.3, 0.4) is 0 Å². The average Bonchev–Trinajstić information content (AvgIpc) is 2.47. The van der Waals surface area contributed by atoms with Crippen LogP contribution in [0.25, 0.3) is 0 Å². The molecule has 13 heavy (non-hydrogen) atoms. The average molecular weight is 176 g/mol. The summed E-state index contributed by atoms with van der Waals surface area (Å²) >= 11 is 0. The van der Waals surface area contributed by atoms with Gasteiger partial charge in [-0.25, -0.2) is 0 Å². The first-order chi connectivity index (χ1) is 6.16. The molecule has 70 valence electrons. The molecule has 0 aliphatic heterocycles. The van der Waals surface area contributed by atoms with Gasteiger partial charge in [-0.15, -0.1) is 12.3 Å². The third-order valence-electron chi connectivity index (χ3n) is 4.15. The van der Waals surface area contributed by atoms with Gasteiger partial charge in [-0.05, 0) is 30.1 Å². The molecule has 0 heterocycles. The molecule has 0 aromatic carbocycles. The summed E-state index contributed by atoms with van der Waals surface area (Å²) in [6.45, 7) is 2.26. The molecule has 0 aromatic heterocycles. The molecule has 0 saturated heterocycles. The van der Waals surface area contributed by atoms with E-state index in [4.69, 9.17) is 6.42 Å². The van der Waals surface area contributed by atoms with E-state index in [2.05, 4.69) is 12.8 Å². The van der Waals surface area contributed by atoms with Gasteiger partial charge in [0.15, 0.2) is 0 Å². The molecule has 1 heteroatoms. The molecule has 0 spiro atoms. The predicted molar refractivity (Wildman–Crippen MR) is 52.0 cm³/mol. The second-order valence-electron chi connectivity index (χ2n) is 4.80. The van der Waals surface area contributed by atoms with Crippen molar-refractivity contribution in [3.63, 3.8) is 0 Å². The topological polar surface area (TPSA) is 17.1 Å². The van der Waals surface area contributed by atoms with Gasteiger partial charge in [0, 0.05) is 19.3 Å². The maximum Gasteiger partial charge on any atom is 0.133 e. The van der Waals surface area contributed by atoms with E-state index in [1.54, 1.807) is 0 Å². The molecule has 3 atom stereocenters. The molecule has 1 nitrogen and oxygen atoms in total. The molecule has 0 unspecified atom stereocenters. The van der Waals surface area contributed by atoms with Crippen LogP contribution in [0.2, 0.25) is 0 Å². The zero-order chi connectivity index (χ0) is 9.47. The van der Waals surface area contributed by atoms with Crippen LogP contribution in [0.5, 0.6) is 0 Å². The summed E-state index contributed by atoms with van der Waals surface area (Å²) in [5.74, 6) is 4.45. The highest BCUT2D eigenvalue weighted by atomic mass is 16.1. The summed E-state index contributed by atoms with van der Waals surface area (Å²) in [7, 11) is 0. The minimum absolute atomic E-state index is 0.253. The van der Waals surface area contributed by atoms with Crippen LogP contribution in [-0.2, 0) is 4.79 Å². The molecule has 0 N–H and O–H groups in total. The van der Waals surface area contributed by atoms with Crippen molar-refractivity contribution in [2.24, 2.45) is 17.3 Å². The fourth-order valence-corrected chi connectivity index (χ4v) is 3.27. The second-order valence-corrected chi connectivity index (χ2v) is 4.80. The normalized spacial score (nSPS) is 43.2. The Morgan fingerprint density at radius 3 is 3.08 bits per heavy atom. The van der Waals surface area contributed by atoms with Crippen LogP contribution in [-0.4, -0.2) is 5.78 Å². The Labute approximate surface area is 79.9 Å². The first-order valence-corrected chi connectivity index (χ1v) is 5.12. The van der Waals surface area contributed by atoms with Gasteiger partial charge < -0.3 is 0 Å². The fourth-order valence-electron chi connectivity index (χ4n) is 3.27. The SMILES string of the molecule is C#CC[C@@H]1CC[C@H]2CC(=O)C[C@@]12C. The number of terminal acetylenes is 1. The molecule has 2 saturated carbocycles. The van der Waals surface area contributed by atoms with Crippen LogP contribution < -0.4 is 0 Å². The largest absolute Gasteiger partial charge is 0.300 e. The highest BCUT2D eigenvalue weighted by Gasteiger charge is 2.51. The lowest BCUT2D eigenvalue weighted by Crippen LogP contribution is -2.23. The van der Waals surface area contributed by atoms with Gasteiger partial charge in [-0.1, -0.05) is 6.92 Å². The highest BCUT2D eigenvalue weighted by Crippen LogP contribution is 2.56. The maximum absolute atomic E-state index is 11.4. The van der Waals surface area contributed by atoms with Crippen molar-refractivity contribution in [1.29, 1.82) is 0 Å². The number of rotatable bonds is 1. The Morgan fingerprint density at radius 2 is 2.38 bits per heavy atom. The Bertz CT molecular complexity index is 273. The Balaban J connectivity index is 2.19. The van der Waals surface area contributed by atoms with Crippen molar-refractivity contribution >= 4 is 5.78 Å². The highest BCUT2D eigenvalue weighted by molar-refractivity contribution is 5.82. The molecule has 2 aliphatic carbocycles. The Kier molecular flexibility index (Phi) is 1.95. The minimum atomic E-state index is 0.253. The van der Waals surface area contributed by atoms with Crippen molar-refractivity contribution < 1.29 is 4.79 Å². The van der Waals surface area contributed by atoms with E-state index in [-0.39, 0.29) is 5.41 Å². The summed E-state index contributed by atoms with van der Waals surface area (Å²) in [5.41, 5.74) is 0.253. The molecule has 2 fully saturated rings. The summed E-state index contributed by atoms with van der Waals surface area (Å²) < 4.78 is 0. The summed E-state index contributed by atoms with van der Waals surface area (Å²) in [4.78, 5) is 11.4. The van der Waals surface area contributed by atoms with Gasteiger partial charge >= 0.3 is 0 Å². The molecular formula is C12H16O. The molecule has 0 bridgehead atoms. The lowest BCUT2D eigenvalue weighted by Gasteiger charge is -2.29. The van der Waals surface area contributed by atoms with Crippen LogP contribution >= 0.6 is 0 Å². The maximum atomic E-state index is 11.4. The molecule has 0 amide bonds. The van der Waals surface area contributed by atoms with Crippen molar-refractivity contribution in [1.82, 2.24) is 0 Å². The summed E-state index contributed by atoms with van der Waals surface area (Å²) in [6.07, 6.45) is 10.3. The van der Waals surface area contributed by atoms with Crippen molar-refractivity contribution in [2.75, 3.05) is 0 Å². The van der Waals surface area contributed by atoms with Gasteiger partial charge in [0.1, 0.15) is 5.78 Å². The van der Waals surface area contributed by atoms with Crippen molar-refractivity contribution in [3.8, 4) is 12.3 Å². The second kappa shape index (κ2) is 2.87. The van der Waals surface area contributed by atoms with Crippen molar-refractivity contribution in [2.45, 2.75) is 39.0 Å². The molecule has 2 rings (SSSR count). The number of carbonyl (C=O) groups is 1. The van der Waals surface area contributed by atoms with E-state index in [0.29, 0.717) is 17.6 Å². The van der Waals surface area contributed by atoms with Crippen LogP contribution in [0, 0.1) is 29.6 Å². The van der Waals surface area contributed by atoms with E-state index < -0.39 is 0 Å². The standard InChI is InChI=1S/C12H16O/c1-3-4-9-5-6-10-7-11(13)8-12(9,10)2/h1,9-10H,4-8H2,2H3/t9-,10+,12+/m1/s1. The first-order valence-electron chi connectivity index (χ1n) is 5.12. The lowest BCUT2D eigenvalue weighted by atomic mass is 9.74. The molecule has 0 radical (unpaired) electrons. The number of carbonyl (C=O) groups excluding carboxylic acids is 1. The number of ketones is 1. The summed E-state index contributed by atoms with van der Waals surface area (Å²) in [5, 5.41) is 0. The summed E-state index contributed by atoms with van der Waals surface area (Å²) in [6, 6.07) is 0. The fraction of sp³-hybridized carbons (Fsp3) is 0.750. The third kappa shape index (κ3) is 1.20. The van der Waals surface area contributed by atoms with E-state index in [9.17, 15) is 4.79 Å². The number of Topliss-reactive ketones (excluding diaryl/α,β-unsaturated/α-hetero) is 1. The minimum Gasteiger partial charge on any atom is -0.300 e. The third-order valence-corrected chi connectivity index (χ3v) is 4.15. The van der Waals surface area contributed by atoms with E-state index in [1.807, 2.05) is 0 Å².